The number of hydrogen-bond donors (Lipinski definition) is 2. The zero-order valence-corrected chi connectivity index (χ0v) is 19.3. The predicted molar refractivity (Wildman–Crippen MR) is 130 cm³/mol. The van der Waals surface area contributed by atoms with Gasteiger partial charge in [-0.1, -0.05) is 30.3 Å². The molecule has 1 aromatic heterocycles. The number of nitrogens with one attached hydrogen (secondary N) is 2. The normalized spacial score (nSPS) is 13.5. The van der Waals surface area contributed by atoms with Crippen molar-refractivity contribution in [1.82, 2.24) is 20.4 Å². The Bertz CT molecular complexity index is 1150. The van der Waals surface area contributed by atoms with E-state index in [9.17, 15) is 4.79 Å². The van der Waals surface area contributed by atoms with Gasteiger partial charge in [0, 0.05) is 32.4 Å². The Labute approximate surface area is 194 Å². The van der Waals surface area contributed by atoms with Gasteiger partial charge in [-0.15, -0.1) is 0 Å². The number of benzene rings is 2. The van der Waals surface area contributed by atoms with Gasteiger partial charge >= 0.3 is 0 Å². The number of para-hydroxylation sites is 3. The number of aromatic nitrogens is 2. The minimum absolute atomic E-state index is 0.0167. The average Bonchev–Trinajstić information content (AvgIpc) is 3.17. The van der Waals surface area contributed by atoms with Crippen LogP contribution in [-0.4, -0.2) is 48.4 Å². The van der Waals surface area contributed by atoms with Crippen molar-refractivity contribution in [2.24, 2.45) is 4.99 Å². The second kappa shape index (κ2) is 10.2. The van der Waals surface area contributed by atoms with Gasteiger partial charge in [0.15, 0.2) is 12.6 Å². The smallest absolute Gasteiger partial charge is 0.265 e. The molecule has 8 nitrogen and oxygen atoms in total. The lowest BCUT2D eigenvalue weighted by atomic mass is 10.1. The lowest BCUT2D eigenvalue weighted by Crippen LogP contribution is -2.42. The number of rotatable bonds is 7. The molecule has 0 saturated heterocycles. The highest BCUT2D eigenvalue weighted by Crippen LogP contribution is 2.31. The van der Waals surface area contributed by atoms with Gasteiger partial charge in [-0.3, -0.25) is 9.79 Å². The van der Waals surface area contributed by atoms with Crippen LogP contribution in [0.2, 0.25) is 0 Å². The van der Waals surface area contributed by atoms with E-state index in [1.165, 1.54) is 0 Å². The van der Waals surface area contributed by atoms with Crippen molar-refractivity contribution < 1.29 is 9.53 Å². The molecule has 4 rings (SSSR count). The Hall–Kier alpha value is -3.81. The van der Waals surface area contributed by atoms with Gasteiger partial charge in [0.05, 0.1) is 17.1 Å². The molecule has 1 aliphatic heterocycles. The molecule has 0 radical (unpaired) electrons. The molecule has 2 N–H and O–H groups in total. The summed E-state index contributed by atoms with van der Waals surface area (Å²) in [5.74, 6) is 1.45. The van der Waals surface area contributed by atoms with Crippen LogP contribution in [0.4, 0.5) is 5.69 Å². The minimum Gasteiger partial charge on any atom is -0.482 e. The molecule has 172 valence electrons. The number of carbonyl (C=O) groups excluding carboxylic acids is 1. The third kappa shape index (κ3) is 5.16. The van der Waals surface area contributed by atoms with Gasteiger partial charge in [-0.05, 0) is 50.1 Å². The van der Waals surface area contributed by atoms with Crippen LogP contribution in [-0.2, 0) is 11.3 Å². The van der Waals surface area contributed by atoms with Gasteiger partial charge in [0.25, 0.3) is 5.91 Å². The van der Waals surface area contributed by atoms with Crippen LogP contribution >= 0.6 is 0 Å². The monoisotopic (exact) mass is 446 g/mol. The van der Waals surface area contributed by atoms with Crippen LogP contribution < -0.4 is 20.3 Å². The number of nitrogens with zero attached hydrogens (tertiary/aromatic N) is 4. The first-order chi connectivity index (χ1) is 16.1. The number of carbonyl (C=O) groups is 1. The number of aryl methyl sites for hydroxylation is 2. The SMILES string of the molecule is CN=C(NCCCN1C(=O)COc2ccccc21)NCc1ccccc1-n1nc(C)cc1C. The molecule has 0 fully saturated rings. The van der Waals surface area contributed by atoms with Crippen molar-refractivity contribution >= 4 is 17.6 Å². The van der Waals surface area contributed by atoms with E-state index in [-0.39, 0.29) is 12.5 Å². The molecule has 1 aliphatic rings. The Kier molecular flexibility index (Phi) is 6.92. The molecule has 0 spiro atoms. The van der Waals surface area contributed by atoms with Gasteiger partial charge in [-0.25, -0.2) is 4.68 Å². The molecule has 0 unspecified atom stereocenters. The van der Waals surface area contributed by atoms with E-state index in [1.807, 2.05) is 48.0 Å². The maximum Gasteiger partial charge on any atom is 0.265 e. The fourth-order valence-corrected chi connectivity index (χ4v) is 3.98. The van der Waals surface area contributed by atoms with E-state index in [4.69, 9.17) is 4.74 Å². The highest BCUT2D eigenvalue weighted by molar-refractivity contribution is 5.97. The van der Waals surface area contributed by atoms with E-state index in [1.54, 1.807) is 11.9 Å². The molecule has 8 heteroatoms. The van der Waals surface area contributed by atoms with Crippen molar-refractivity contribution in [3.63, 3.8) is 0 Å². The van der Waals surface area contributed by atoms with Crippen molar-refractivity contribution in [1.29, 1.82) is 0 Å². The summed E-state index contributed by atoms with van der Waals surface area (Å²) < 4.78 is 7.48. The summed E-state index contributed by atoms with van der Waals surface area (Å²) in [7, 11) is 1.75. The first-order valence-electron chi connectivity index (χ1n) is 11.1. The van der Waals surface area contributed by atoms with E-state index in [0.29, 0.717) is 25.6 Å². The van der Waals surface area contributed by atoms with Crippen molar-refractivity contribution in [2.45, 2.75) is 26.8 Å². The number of amides is 1. The number of anilines is 1. The van der Waals surface area contributed by atoms with Crippen LogP contribution in [0.15, 0.2) is 59.6 Å². The summed E-state index contributed by atoms with van der Waals surface area (Å²) in [6.07, 6.45) is 0.781. The van der Waals surface area contributed by atoms with E-state index in [2.05, 4.69) is 45.8 Å². The largest absolute Gasteiger partial charge is 0.482 e. The molecule has 0 saturated carbocycles. The number of hydrogen-bond acceptors (Lipinski definition) is 4. The van der Waals surface area contributed by atoms with Gasteiger partial charge in [0.1, 0.15) is 5.75 Å². The van der Waals surface area contributed by atoms with Crippen molar-refractivity contribution in [2.75, 3.05) is 31.6 Å². The summed E-state index contributed by atoms with van der Waals surface area (Å²) in [6.45, 7) is 6.06. The lowest BCUT2D eigenvalue weighted by molar-refractivity contribution is -0.121. The van der Waals surface area contributed by atoms with Crippen LogP contribution in [0.5, 0.6) is 5.75 Å². The molecule has 2 heterocycles. The van der Waals surface area contributed by atoms with Gasteiger partial charge in [-0.2, -0.15) is 5.10 Å². The molecule has 1 amide bonds. The second-order valence-corrected chi connectivity index (χ2v) is 7.98. The topological polar surface area (TPSA) is 83.8 Å². The summed E-state index contributed by atoms with van der Waals surface area (Å²) >= 11 is 0. The highest BCUT2D eigenvalue weighted by atomic mass is 16.5. The first-order valence-corrected chi connectivity index (χ1v) is 11.1. The summed E-state index contributed by atoms with van der Waals surface area (Å²) in [5.41, 5.74) is 5.10. The third-order valence-corrected chi connectivity index (χ3v) is 5.56. The van der Waals surface area contributed by atoms with E-state index >= 15 is 0 Å². The summed E-state index contributed by atoms with van der Waals surface area (Å²) in [6, 6.07) is 17.9. The molecule has 2 aromatic carbocycles. The Morgan fingerprint density at radius 1 is 1.09 bits per heavy atom. The molecular weight excluding hydrogens is 416 g/mol. The number of fused-ring (bicyclic) bond motifs is 1. The maximum absolute atomic E-state index is 12.3. The Morgan fingerprint density at radius 2 is 1.85 bits per heavy atom. The molecular formula is C25H30N6O2. The van der Waals surface area contributed by atoms with Crippen LogP contribution in [0.1, 0.15) is 23.4 Å². The molecule has 0 atom stereocenters. The molecule has 3 aromatic rings. The number of ether oxygens (including phenoxy) is 1. The average molecular weight is 447 g/mol. The Morgan fingerprint density at radius 3 is 2.61 bits per heavy atom. The van der Waals surface area contributed by atoms with Crippen LogP contribution in [0.25, 0.3) is 5.69 Å². The summed E-state index contributed by atoms with van der Waals surface area (Å²) in [4.78, 5) is 18.4. The third-order valence-electron chi connectivity index (χ3n) is 5.56. The standard InChI is InChI=1S/C25H30N6O2/c1-18-15-19(2)31(29-18)21-10-5-4-9-20(21)16-28-25(26-3)27-13-8-14-30-22-11-6-7-12-23(22)33-17-24(30)32/h4-7,9-12,15H,8,13-14,16-17H2,1-3H3,(H2,26,27,28). The van der Waals surface area contributed by atoms with Crippen LogP contribution in [0, 0.1) is 13.8 Å². The molecule has 0 bridgehead atoms. The number of guanidine groups is 1. The highest BCUT2D eigenvalue weighted by Gasteiger charge is 2.24. The predicted octanol–water partition coefficient (Wildman–Crippen LogP) is 2.97. The van der Waals surface area contributed by atoms with E-state index < -0.39 is 0 Å². The zero-order valence-electron chi connectivity index (χ0n) is 19.3. The number of aliphatic imine (C=N–C) groups is 1. The summed E-state index contributed by atoms with van der Waals surface area (Å²) in [5, 5.41) is 11.3. The fraction of sp³-hybridized carbons (Fsp3) is 0.320. The molecule has 0 aliphatic carbocycles. The van der Waals surface area contributed by atoms with Crippen molar-refractivity contribution in [3.05, 3.63) is 71.5 Å². The Balaban J connectivity index is 1.31. The minimum atomic E-state index is -0.0167. The maximum atomic E-state index is 12.3. The zero-order chi connectivity index (χ0) is 23.2. The van der Waals surface area contributed by atoms with E-state index in [0.717, 1.165) is 40.5 Å². The van der Waals surface area contributed by atoms with Gasteiger partial charge < -0.3 is 20.3 Å². The van der Waals surface area contributed by atoms with Gasteiger partial charge in [0.2, 0.25) is 0 Å². The molecule has 33 heavy (non-hydrogen) atoms. The quantitative estimate of drug-likeness (QED) is 0.331. The first kappa shape index (κ1) is 22.4. The lowest BCUT2D eigenvalue weighted by Gasteiger charge is -2.29. The second-order valence-electron chi connectivity index (χ2n) is 7.98. The fourth-order valence-electron chi connectivity index (χ4n) is 3.98. The van der Waals surface area contributed by atoms with Crippen LogP contribution in [0.3, 0.4) is 0 Å². The van der Waals surface area contributed by atoms with Crippen molar-refractivity contribution in [3.8, 4) is 11.4 Å².